The van der Waals surface area contributed by atoms with E-state index in [4.69, 9.17) is 0 Å². The van der Waals surface area contributed by atoms with Crippen molar-refractivity contribution in [1.82, 2.24) is 4.90 Å². The van der Waals surface area contributed by atoms with E-state index in [0.29, 0.717) is 11.5 Å². The maximum absolute atomic E-state index is 2.41. The van der Waals surface area contributed by atoms with Crippen LogP contribution in [0.4, 0.5) is 0 Å². The molecule has 0 fully saturated rings. The highest BCUT2D eigenvalue weighted by molar-refractivity contribution is 5.18. The van der Waals surface area contributed by atoms with Crippen LogP contribution in [0.15, 0.2) is 30.3 Å². The minimum atomic E-state index is 0.359. The van der Waals surface area contributed by atoms with Gasteiger partial charge in [-0.3, -0.25) is 4.90 Å². The Bertz CT molecular complexity index is 284. The molecule has 0 aliphatic heterocycles. The summed E-state index contributed by atoms with van der Waals surface area (Å²) in [5.74, 6) is 0. The van der Waals surface area contributed by atoms with Gasteiger partial charge in [-0.25, -0.2) is 0 Å². The first kappa shape index (κ1) is 12.3. The van der Waals surface area contributed by atoms with E-state index in [0.717, 1.165) is 6.54 Å². The van der Waals surface area contributed by atoms with Gasteiger partial charge in [0, 0.05) is 12.6 Å². The molecule has 1 atom stereocenters. The Labute approximate surface area is 94.1 Å². The molecular formula is C14H23N. The van der Waals surface area contributed by atoms with Crippen LogP contribution in [0.1, 0.15) is 39.3 Å². The van der Waals surface area contributed by atoms with Crippen LogP contribution in [-0.4, -0.2) is 18.5 Å². The molecule has 0 saturated carbocycles. The molecule has 0 aliphatic rings. The monoisotopic (exact) mass is 205 g/mol. The highest BCUT2D eigenvalue weighted by atomic mass is 15.1. The molecule has 1 unspecified atom stereocenters. The van der Waals surface area contributed by atoms with Crippen LogP contribution in [-0.2, 0) is 0 Å². The molecule has 1 nitrogen and oxygen atoms in total. The molecule has 1 aromatic rings. The van der Waals surface area contributed by atoms with E-state index in [2.05, 4.69) is 70.0 Å². The number of benzene rings is 1. The van der Waals surface area contributed by atoms with Crippen LogP contribution in [0.5, 0.6) is 0 Å². The third-order valence-electron chi connectivity index (χ3n) is 2.67. The van der Waals surface area contributed by atoms with Crippen LogP contribution in [0, 0.1) is 5.41 Å². The first-order chi connectivity index (χ1) is 6.90. The van der Waals surface area contributed by atoms with Crippen molar-refractivity contribution in [1.29, 1.82) is 0 Å². The van der Waals surface area contributed by atoms with Crippen molar-refractivity contribution >= 4 is 0 Å². The van der Waals surface area contributed by atoms with Crippen molar-refractivity contribution in [3.05, 3.63) is 35.9 Å². The fourth-order valence-electron chi connectivity index (χ4n) is 1.87. The minimum Gasteiger partial charge on any atom is -0.299 e. The first-order valence-corrected chi connectivity index (χ1v) is 5.65. The van der Waals surface area contributed by atoms with Gasteiger partial charge in [0.05, 0.1) is 0 Å². The molecule has 84 valence electrons. The number of hydrogen-bond donors (Lipinski definition) is 0. The van der Waals surface area contributed by atoms with Crippen molar-refractivity contribution in [2.24, 2.45) is 5.41 Å². The summed E-state index contributed by atoms with van der Waals surface area (Å²) in [5, 5.41) is 0. The fourth-order valence-corrected chi connectivity index (χ4v) is 1.87. The average Bonchev–Trinajstić information content (AvgIpc) is 2.15. The Morgan fingerprint density at radius 3 is 2.13 bits per heavy atom. The van der Waals surface area contributed by atoms with Crippen molar-refractivity contribution < 1.29 is 0 Å². The summed E-state index contributed by atoms with van der Waals surface area (Å²) in [6, 6.07) is 11.2. The molecule has 0 aliphatic carbocycles. The SMILES string of the molecule is CC(c1ccccc1)N(C)CC(C)(C)C. The normalized spacial score (nSPS) is 14.3. The van der Waals surface area contributed by atoms with Crippen molar-refractivity contribution in [3.63, 3.8) is 0 Å². The summed E-state index contributed by atoms with van der Waals surface area (Å²) in [6.45, 7) is 10.2. The van der Waals surface area contributed by atoms with Crippen LogP contribution in [0.3, 0.4) is 0 Å². The standard InChI is InChI=1S/C14H23N/c1-12(13-9-7-6-8-10-13)15(5)11-14(2,3)4/h6-10,12H,11H2,1-5H3. The topological polar surface area (TPSA) is 3.24 Å². The van der Waals surface area contributed by atoms with Gasteiger partial charge in [-0.15, -0.1) is 0 Å². The zero-order valence-electron chi connectivity index (χ0n) is 10.6. The second-order valence-corrected chi connectivity index (χ2v) is 5.56. The molecular weight excluding hydrogens is 182 g/mol. The van der Waals surface area contributed by atoms with Gasteiger partial charge in [0.2, 0.25) is 0 Å². The second kappa shape index (κ2) is 4.80. The predicted molar refractivity (Wildman–Crippen MR) is 66.9 cm³/mol. The van der Waals surface area contributed by atoms with Gasteiger partial charge in [0.15, 0.2) is 0 Å². The lowest BCUT2D eigenvalue weighted by Crippen LogP contribution is -2.31. The van der Waals surface area contributed by atoms with Crippen molar-refractivity contribution in [3.8, 4) is 0 Å². The largest absolute Gasteiger partial charge is 0.299 e. The number of hydrogen-bond acceptors (Lipinski definition) is 1. The summed E-state index contributed by atoms with van der Waals surface area (Å²) in [6.07, 6.45) is 0. The summed E-state index contributed by atoms with van der Waals surface area (Å²) in [4.78, 5) is 2.41. The quantitative estimate of drug-likeness (QED) is 0.727. The number of rotatable bonds is 3. The zero-order valence-corrected chi connectivity index (χ0v) is 10.6. The van der Waals surface area contributed by atoms with Gasteiger partial charge in [0.1, 0.15) is 0 Å². The van der Waals surface area contributed by atoms with E-state index in [1.54, 1.807) is 0 Å². The molecule has 0 radical (unpaired) electrons. The van der Waals surface area contributed by atoms with E-state index >= 15 is 0 Å². The van der Waals surface area contributed by atoms with E-state index in [1.807, 2.05) is 0 Å². The Morgan fingerprint density at radius 2 is 1.67 bits per heavy atom. The molecule has 1 aromatic carbocycles. The van der Waals surface area contributed by atoms with E-state index in [9.17, 15) is 0 Å². The highest BCUT2D eigenvalue weighted by Crippen LogP contribution is 2.23. The van der Waals surface area contributed by atoms with Gasteiger partial charge in [0.25, 0.3) is 0 Å². The molecule has 0 heterocycles. The van der Waals surface area contributed by atoms with Crippen LogP contribution in [0.2, 0.25) is 0 Å². The smallest absolute Gasteiger partial charge is 0.0317 e. The third-order valence-corrected chi connectivity index (χ3v) is 2.67. The lowest BCUT2D eigenvalue weighted by atomic mass is 9.95. The molecule has 0 saturated heterocycles. The predicted octanol–water partition coefficient (Wildman–Crippen LogP) is 3.73. The lowest BCUT2D eigenvalue weighted by molar-refractivity contribution is 0.182. The maximum Gasteiger partial charge on any atom is 0.0317 e. The zero-order chi connectivity index (χ0) is 11.5. The van der Waals surface area contributed by atoms with Gasteiger partial charge in [-0.1, -0.05) is 51.1 Å². The van der Waals surface area contributed by atoms with Crippen molar-refractivity contribution in [2.45, 2.75) is 33.7 Å². The van der Waals surface area contributed by atoms with Crippen LogP contribution in [0.25, 0.3) is 0 Å². The van der Waals surface area contributed by atoms with Crippen molar-refractivity contribution in [2.75, 3.05) is 13.6 Å². The van der Waals surface area contributed by atoms with E-state index in [1.165, 1.54) is 5.56 Å². The first-order valence-electron chi connectivity index (χ1n) is 5.65. The van der Waals surface area contributed by atoms with Crippen LogP contribution < -0.4 is 0 Å². The molecule has 1 heteroatoms. The van der Waals surface area contributed by atoms with Gasteiger partial charge < -0.3 is 0 Å². The second-order valence-electron chi connectivity index (χ2n) is 5.56. The molecule has 0 N–H and O–H groups in total. The van der Waals surface area contributed by atoms with Gasteiger partial charge in [-0.05, 0) is 24.9 Å². The summed E-state index contributed by atoms with van der Waals surface area (Å²) in [7, 11) is 2.20. The molecule has 0 amide bonds. The van der Waals surface area contributed by atoms with E-state index < -0.39 is 0 Å². The fraction of sp³-hybridized carbons (Fsp3) is 0.571. The van der Waals surface area contributed by atoms with Gasteiger partial charge >= 0.3 is 0 Å². The number of nitrogens with zero attached hydrogens (tertiary/aromatic N) is 1. The third kappa shape index (κ3) is 4.05. The Hall–Kier alpha value is -0.820. The minimum absolute atomic E-state index is 0.359. The molecule has 0 aromatic heterocycles. The highest BCUT2D eigenvalue weighted by Gasteiger charge is 2.18. The Kier molecular flexibility index (Phi) is 3.92. The summed E-state index contributed by atoms with van der Waals surface area (Å²) >= 11 is 0. The molecule has 1 rings (SSSR count). The Morgan fingerprint density at radius 1 is 1.13 bits per heavy atom. The average molecular weight is 205 g/mol. The summed E-state index contributed by atoms with van der Waals surface area (Å²) < 4.78 is 0. The molecule has 0 bridgehead atoms. The van der Waals surface area contributed by atoms with E-state index in [-0.39, 0.29) is 0 Å². The Balaban J connectivity index is 2.65. The molecule has 0 spiro atoms. The summed E-state index contributed by atoms with van der Waals surface area (Å²) in [5.41, 5.74) is 1.75. The van der Waals surface area contributed by atoms with Gasteiger partial charge in [-0.2, -0.15) is 0 Å². The van der Waals surface area contributed by atoms with Crippen LogP contribution >= 0.6 is 0 Å². The molecule has 15 heavy (non-hydrogen) atoms. The maximum atomic E-state index is 2.41. The lowest BCUT2D eigenvalue weighted by Gasteiger charge is -2.31.